The smallest absolute Gasteiger partial charge is 0.123 e. The molecule has 0 spiro atoms. The third-order valence-electron chi connectivity index (χ3n) is 4.22. The maximum atomic E-state index is 5.99. The van der Waals surface area contributed by atoms with Gasteiger partial charge < -0.3 is 10.1 Å². The first kappa shape index (κ1) is 15.3. The topological polar surface area (TPSA) is 24.5 Å². The van der Waals surface area contributed by atoms with Crippen molar-refractivity contribution in [1.82, 2.24) is 10.2 Å². The van der Waals surface area contributed by atoms with Crippen molar-refractivity contribution in [3.8, 4) is 5.75 Å². The molecule has 112 valence electrons. The summed E-state index contributed by atoms with van der Waals surface area (Å²) in [6.45, 7) is 8.55. The summed E-state index contributed by atoms with van der Waals surface area (Å²) in [5.41, 5.74) is 1.23. The highest BCUT2D eigenvalue weighted by atomic mass is 16.5. The predicted octanol–water partition coefficient (Wildman–Crippen LogP) is 2.91. The molecule has 1 heterocycles. The zero-order valence-corrected chi connectivity index (χ0v) is 13.1. The summed E-state index contributed by atoms with van der Waals surface area (Å²) in [5.74, 6) is 1.84. The second-order valence-electron chi connectivity index (χ2n) is 6.01. The number of likely N-dealkylation sites (tertiary alicyclic amines) is 1. The molecule has 2 atom stereocenters. The SMILES string of the molecule is CNCc1ccccc1OCCN1CC(C)CCC1C. The maximum absolute atomic E-state index is 5.99. The van der Waals surface area contributed by atoms with Gasteiger partial charge in [0.2, 0.25) is 0 Å². The van der Waals surface area contributed by atoms with Crippen LogP contribution in [0.25, 0.3) is 0 Å². The van der Waals surface area contributed by atoms with Crippen LogP contribution in [-0.2, 0) is 6.54 Å². The molecule has 2 rings (SSSR count). The van der Waals surface area contributed by atoms with Crippen molar-refractivity contribution < 1.29 is 4.74 Å². The van der Waals surface area contributed by atoms with E-state index in [1.165, 1.54) is 24.9 Å². The first-order valence-corrected chi connectivity index (χ1v) is 7.80. The second-order valence-corrected chi connectivity index (χ2v) is 6.01. The van der Waals surface area contributed by atoms with Crippen LogP contribution in [-0.4, -0.2) is 37.7 Å². The van der Waals surface area contributed by atoms with E-state index in [1.807, 2.05) is 13.1 Å². The fraction of sp³-hybridized carbons (Fsp3) is 0.647. The predicted molar refractivity (Wildman–Crippen MR) is 84.1 cm³/mol. The highest BCUT2D eigenvalue weighted by Crippen LogP contribution is 2.21. The van der Waals surface area contributed by atoms with Gasteiger partial charge in [0.1, 0.15) is 12.4 Å². The minimum atomic E-state index is 0.697. The van der Waals surface area contributed by atoms with Crippen LogP contribution in [0.2, 0.25) is 0 Å². The van der Waals surface area contributed by atoms with Gasteiger partial charge in [0.25, 0.3) is 0 Å². The van der Waals surface area contributed by atoms with Crippen molar-refractivity contribution in [1.29, 1.82) is 0 Å². The molecule has 0 radical (unpaired) electrons. The molecule has 3 nitrogen and oxygen atoms in total. The van der Waals surface area contributed by atoms with Crippen LogP contribution < -0.4 is 10.1 Å². The number of ether oxygens (including phenoxy) is 1. The van der Waals surface area contributed by atoms with Crippen LogP contribution >= 0.6 is 0 Å². The minimum Gasteiger partial charge on any atom is -0.492 e. The summed E-state index contributed by atoms with van der Waals surface area (Å²) in [7, 11) is 1.97. The number of para-hydroxylation sites is 1. The Morgan fingerprint density at radius 1 is 1.25 bits per heavy atom. The number of benzene rings is 1. The van der Waals surface area contributed by atoms with E-state index >= 15 is 0 Å². The highest BCUT2D eigenvalue weighted by Gasteiger charge is 2.22. The third-order valence-corrected chi connectivity index (χ3v) is 4.22. The molecule has 0 amide bonds. The Morgan fingerprint density at radius 3 is 2.85 bits per heavy atom. The van der Waals surface area contributed by atoms with Crippen LogP contribution in [0, 0.1) is 5.92 Å². The van der Waals surface area contributed by atoms with E-state index in [2.05, 4.69) is 42.3 Å². The van der Waals surface area contributed by atoms with E-state index < -0.39 is 0 Å². The van der Waals surface area contributed by atoms with Gasteiger partial charge in [0.15, 0.2) is 0 Å². The van der Waals surface area contributed by atoms with E-state index in [1.54, 1.807) is 0 Å². The van der Waals surface area contributed by atoms with Crippen molar-refractivity contribution in [2.24, 2.45) is 5.92 Å². The lowest BCUT2D eigenvalue weighted by Crippen LogP contribution is -2.43. The maximum Gasteiger partial charge on any atom is 0.123 e. The van der Waals surface area contributed by atoms with E-state index in [4.69, 9.17) is 4.74 Å². The molecular formula is C17H28N2O. The van der Waals surface area contributed by atoms with Gasteiger partial charge in [-0.3, -0.25) is 4.90 Å². The van der Waals surface area contributed by atoms with Crippen molar-refractivity contribution in [3.05, 3.63) is 29.8 Å². The first-order valence-electron chi connectivity index (χ1n) is 7.80. The lowest BCUT2D eigenvalue weighted by molar-refractivity contribution is 0.105. The molecule has 0 aliphatic carbocycles. The van der Waals surface area contributed by atoms with Crippen molar-refractivity contribution in [2.45, 2.75) is 39.3 Å². The van der Waals surface area contributed by atoms with Crippen LogP contribution in [0.5, 0.6) is 5.75 Å². The third kappa shape index (κ3) is 4.22. The van der Waals surface area contributed by atoms with Crippen LogP contribution in [0.4, 0.5) is 0 Å². The summed E-state index contributed by atoms with van der Waals surface area (Å²) in [5, 5.41) is 3.19. The van der Waals surface area contributed by atoms with Gasteiger partial charge in [0.05, 0.1) is 0 Å². The molecule has 1 aromatic rings. The first-order chi connectivity index (χ1) is 9.70. The standard InChI is InChI=1S/C17H28N2O/c1-14-8-9-15(2)19(13-14)10-11-20-17-7-5-4-6-16(17)12-18-3/h4-7,14-15,18H,8-13H2,1-3H3. The Labute approximate surface area is 123 Å². The Bertz CT molecular complexity index is 408. The van der Waals surface area contributed by atoms with Crippen molar-refractivity contribution >= 4 is 0 Å². The minimum absolute atomic E-state index is 0.697. The summed E-state index contributed by atoms with van der Waals surface area (Å²) in [6.07, 6.45) is 2.68. The highest BCUT2D eigenvalue weighted by molar-refractivity contribution is 5.33. The van der Waals surface area contributed by atoms with Gasteiger partial charge in [-0.05, 0) is 38.8 Å². The summed E-state index contributed by atoms with van der Waals surface area (Å²) in [4.78, 5) is 2.56. The number of nitrogens with zero attached hydrogens (tertiary/aromatic N) is 1. The number of hydrogen-bond donors (Lipinski definition) is 1. The Morgan fingerprint density at radius 2 is 2.05 bits per heavy atom. The molecule has 1 fully saturated rings. The molecular weight excluding hydrogens is 248 g/mol. The molecule has 1 N–H and O–H groups in total. The molecule has 0 bridgehead atoms. The summed E-state index contributed by atoms with van der Waals surface area (Å²) in [6, 6.07) is 8.99. The Kier molecular flexibility index (Phi) is 5.86. The fourth-order valence-electron chi connectivity index (χ4n) is 2.95. The number of hydrogen-bond acceptors (Lipinski definition) is 3. The van der Waals surface area contributed by atoms with Crippen LogP contribution in [0.15, 0.2) is 24.3 Å². The lowest BCUT2D eigenvalue weighted by atomic mass is 9.95. The van der Waals surface area contributed by atoms with E-state index in [-0.39, 0.29) is 0 Å². The Balaban J connectivity index is 1.83. The van der Waals surface area contributed by atoms with Gasteiger partial charge in [-0.25, -0.2) is 0 Å². The normalized spacial score (nSPS) is 23.8. The molecule has 0 aromatic heterocycles. The largest absolute Gasteiger partial charge is 0.492 e. The molecule has 1 aliphatic rings. The molecule has 1 aromatic carbocycles. The Hall–Kier alpha value is -1.06. The van der Waals surface area contributed by atoms with Crippen molar-refractivity contribution in [2.75, 3.05) is 26.7 Å². The molecule has 1 saturated heterocycles. The van der Waals surface area contributed by atoms with Crippen molar-refractivity contribution in [3.63, 3.8) is 0 Å². The zero-order valence-electron chi connectivity index (χ0n) is 13.1. The molecule has 2 unspecified atom stereocenters. The molecule has 0 saturated carbocycles. The van der Waals surface area contributed by atoms with Crippen LogP contribution in [0.1, 0.15) is 32.3 Å². The fourth-order valence-corrected chi connectivity index (χ4v) is 2.95. The van der Waals surface area contributed by atoms with Gasteiger partial charge >= 0.3 is 0 Å². The molecule has 1 aliphatic heterocycles. The van der Waals surface area contributed by atoms with E-state index in [0.717, 1.165) is 31.4 Å². The van der Waals surface area contributed by atoms with Gasteiger partial charge in [-0.15, -0.1) is 0 Å². The van der Waals surface area contributed by atoms with E-state index in [0.29, 0.717) is 6.04 Å². The summed E-state index contributed by atoms with van der Waals surface area (Å²) < 4.78 is 5.99. The van der Waals surface area contributed by atoms with Gasteiger partial charge in [-0.1, -0.05) is 25.1 Å². The molecule has 3 heteroatoms. The van der Waals surface area contributed by atoms with Gasteiger partial charge in [-0.2, -0.15) is 0 Å². The molecule has 20 heavy (non-hydrogen) atoms. The van der Waals surface area contributed by atoms with E-state index in [9.17, 15) is 0 Å². The van der Waals surface area contributed by atoms with Gasteiger partial charge in [0, 0.05) is 31.2 Å². The van der Waals surface area contributed by atoms with Crippen LogP contribution in [0.3, 0.4) is 0 Å². The number of piperidine rings is 1. The monoisotopic (exact) mass is 276 g/mol. The number of rotatable bonds is 6. The average molecular weight is 276 g/mol. The quantitative estimate of drug-likeness (QED) is 0.864. The summed E-state index contributed by atoms with van der Waals surface area (Å²) >= 11 is 0. The lowest BCUT2D eigenvalue weighted by Gasteiger charge is -2.36. The zero-order chi connectivity index (χ0) is 14.4. The number of nitrogens with one attached hydrogen (secondary N) is 1. The second kappa shape index (κ2) is 7.65. The average Bonchev–Trinajstić information content (AvgIpc) is 2.45.